The molecule has 0 amide bonds. The lowest BCUT2D eigenvalue weighted by Gasteiger charge is -2.12. The van der Waals surface area contributed by atoms with Gasteiger partial charge in [0.05, 0.1) is 17.1 Å². The number of nitrogens with zero attached hydrogens (tertiary/aromatic N) is 7. The molecule has 2 heterocycles. The second kappa shape index (κ2) is 7.55. The number of rotatable bonds is 5. The van der Waals surface area contributed by atoms with Gasteiger partial charge < -0.3 is 0 Å². The first-order valence-electron chi connectivity index (χ1n) is 9.01. The average Bonchev–Trinajstić information content (AvgIpc) is 3.27. The van der Waals surface area contributed by atoms with Crippen molar-refractivity contribution >= 4 is 11.8 Å². The Morgan fingerprint density at radius 3 is 2.29 bits per heavy atom. The monoisotopic (exact) mass is 391 g/mol. The molecule has 7 nitrogen and oxygen atoms in total. The van der Waals surface area contributed by atoms with Gasteiger partial charge in [0.15, 0.2) is 11.0 Å². The van der Waals surface area contributed by atoms with Crippen LogP contribution >= 0.6 is 11.8 Å². The Morgan fingerprint density at radius 2 is 1.54 bits per heavy atom. The highest BCUT2D eigenvalue weighted by Gasteiger charge is 2.17. The molecule has 0 bridgehead atoms. The molecule has 0 spiro atoms. The summed E-state index contributed by atoms with van der Waals surface area (Å²) in [6, 6.07) is 14.4. The fourth-order valence-corrected chi connectivity index (χ4v) is 4.16. The van der Waals surface area contributed by atoms with Gasteiger partial charge >= 0.3 is 0 Å². The standard InChI is InChI=1S/C20H21N7S/c1-13-8-5-6-11-17(13)26-16(4)21-23-20(26)28-12-18-22-24-25-27(18)19-14(2)9-7-10-15(19)3/h5-11H,12H2,1-4H3. The molecule has 28 heavy (non-hydrogen) atoms. The number of benzene rings is 2. The third kappa shape index (κ3) is 3.31. The topological polar surface area (TPSA) is 74.3 Å². The van der Waals surface area contributed by atoms with Gasteiger partial charge in [-0.05, 0) is 60.9 Å². The summed E-state index contributed by atoms with van der Waals surface area (Å²) in [5.74, 6) is 2.22. The maximum atomic E-state index is 4.37. The van der Waals surface area contributed by atoms with Gasteiger partial charge in [0.25, 0.3) is 0 Å². The Kier molecular flexibility index (Phi) is 4.95. The van der Waals surface area contributed by atoms with Crippen molar-refractivity contribution in [2.24, 2.45) is 0 Å². The van der Waals surface area contributed by atoms with Crippen molar-refractivity contribution in [2.45, 2.75) is 38.6 Å². The molecule has 4 aromatic rings. The molecular weight excluding hydrogens is 370 g/mol. The first-order chi connectivity index (χ1) is 13.6. The summed E-state index contributed by atoms with van der Waals surface area (Å²) in [5, 5.41) is 21.8. The van der Waals surface area contributed by atoms with Gasteiger partial charge in [-0.3, -0.25) is 4.57 Å². The number of thioether (sulfide) groups is 1. The summed E-state index contributed by atoms with van der Waals surface area (Å²) in [7, 11) is 0. The van der Waals surface area contributed by atoms with Crippen LogP contribution in [0.2, 0.25) is 0 Å². The summed E-state index contributed by atoms with van der Waals surface area (Å²) in [4.78, 5) is 0. The highest BCUT2D eigenvalue weighted by molar-refractivity contribution is 7.98. The molecule has 0 aliphatic carbocycles. The Balaban J connectivity index is 1.65. The van der Waals surface area contributed by atoms with Crippen molar-refractivity contribution in [2.75, 3.05) is 0 Å². The molecule has 0 aliphatic rings. The molecule has 4 rings (SSSR count). The predicted molar refractivity (Wildman–Crippen MR) is 109 cm³/mol. The first-order valence-corrected chi connectivity index (χ1v) is 9.99. The van der Waals surface area contributed by atoms with Gasteiger partial charge in [0.2, 0.25) is 0 Å². The molecule has 0 N–H and O–H groups in total. The quantitative estimate of drug-likeness (QED) is 0.482. The molecule has 0 fully saturated rings. The first kappa shape index (κ1) is 18.4. The largest absolute Gasteiger partial charge is 0.274 e. The highest BCUT2D eigenvalue weighted by Crippen LogP contribution is 2.27. The number of aromatic nitrogens is 7. The van der Waals surface area contributed by atoms with Gasteiger partial charge in [0.1, 0.15) is 5.82 Å². The van der Waals surface area contributed by atoms with Crippen molar-refractivity contribution in [3.05, 3.63) is 70.8 Å². The lowest BCUT2D eigenvalue weighted by atomic mass is 10.1. The SMILES string of the molecule is Cc1ccccc1-n1c(C)nnc1SCc1nnnn1-c1c(C)cccc1C. The van der Waals surface area contributed by atoms with Gasteiger partial charge in [-0.25, -0.2) is 0 Å². The molecule has 0 atom stereocenters. The van der Waals surface area contributed by atoms with Crippen LogP contribution in [0, 0.1) is 27.7 Å². The average molecular weight is 392 g/mol. The second-order valence-electron chi connectivity index (χ2n) is 6.69. The molecule has 8 heteroatoms. The molecule has 0 saturated heterocycles. The molecule has 0 saturated carbocycles. The van der Waals surface area contributed by atoms with E-state index in [0.29, 0.717) is 5.75 Å². The van der Waals surface area contributed by atoms with E-state index in [1.807, 2.05) is 29.8 Å². The summed E-state index contributed by atoms with van der Waals surface area (Å²) >= 11 is 1.58. The van der Waals surface area contributed by atoms with E-state index in [1.165, 1.54) is 5.56 Å². The van der Waals surface area contributed by atoms with E-state index in [9.17, 15) is 0 Å². The zero-order valence-electron chi connectivity index (χ0n) is 16.3. The molecule has 0 unspecified atom stereocenters. The minimum Gasteiger partial charge on any atom is -0.274 e. The van der Waals surface area contributed by atoms with Crippen LogP contribution in [0.4, 0.5) is 0 Å². The molecule has 0 aliphatic heterocycles. The minimum atomic E-state index is 0.588. The smallest absolute Gasteiger partial charge is 0.196 e. The van der Waals surface area contributed by atoms with E-state index in [4.69, 9.17) is 0 Å². The number of hydrogen-bond acceptors (Lipinski definition) is 6. The van der Waals surface area contributed by atoms with E-state index < -0.39 is 0 Å². The van der Waals surface area contributed by atoms with Crippen molar-refractivity contribution in [1.82, 2.24) is 35.0 Å². The predicted octanol–water partition coefficient (Wildman–Crippen LogP) is 3.77. The summed E-state index contributed by atoms with van der Waals surface area (Å²) in [6.45, 7) is 8.19. The second-order valence-corrected chi connectivity index (χ2v) is 7.63. The van der Waals surface area contributed by atoms with E-state index in [0.717, 1.165) is 39.3 Å². The van der Waals surface area contributed by atoms with Crippen molar-refractivity contribution in [1.29, 1.82) is 0 Å². The van der Waals surface area contributed by atoms with Crippen LogP contribution in [0.1, 0.15) is 28.3 Å². The fourth-order valence-electron chi connectivity index (χ4n) is 3.27. The Labute approximate surface area is 167 Å². The number of para-hydroxylation sites is 2. The minimum absolute atomic E-state index is 0.588. The molecule has 142 valence electrons. The molecule has 0 radical (unpaired) electrons. The zero-order chi connectivity index (χ0) is 19.7. The van der Waals surface area contributed by atoms with Crippen molar-refractivity contribution in [3.63, 3.8) is 0 Å². The lowest BCUT2D eigenvalue weighted by molar-refractivity contribution is 0.768. The number of aryl methyl sites for hydroxylation is 4. The van der Waals surface area contributed by atoms with Crippen LogP contribution in [0.5, 0.6) is 0 Å². The lowest BCUT2D eigenvalue weighted by Crippen LogP contribution is -2.07. The zero-order valence-corrected chi connectivity index (χ0v) is 17.1. The molecule has 2 aromatic carbocycles. The van der Waals surface area contributed by atoms with Crippen LogP contribution in [-0.2, 0) is 5.75 Å². The Morgan fingerprint density at radius 1 is 0.821 bits per heavy atom. The van der Waals surface area contributed by atoms with E-state index in [2.05, 4.69) is 75.3 Å². The molecule has 2 aromatic heterocycles. The number of tetrazole rings is 1. The Hall–Kier alpha value is -3.00. The third-order valence-electron chi connectivity index (χ3n) is 4.67. The van der Waals surface area contributed by atoms with Crippen LogP contribution in [-0.4, -0.2) is 35.0 Å². The summed E-state index contributed by atoms with van der Waals surface area (Å²) in [5.41, 5.74) is 5.56. The normalized spacial score (nSPS) is 11.1. The van der Waals surface area contributed by atoms with Crippen LogP contribution in [0.15, 0.2) is 47.6 Å². The van der Waals surface area contributed by atoms with Gasteiger partial charge in [0, 0.05) is 0 Å². The van der Waals surface area contributed by atoms with Gasteiger partial charge in [-0.1, -0.05) is 48.2 Å². The van der Waals surface area contributed by atoms with Crippen LogP contribution in [0.25, 0.3) is 11.4 Å². The van der Waals surface area contributed by atoms with Crippen molar-refractivity contribution < 1.29 is 0 Å². The maximum absolute atomic E-state index is 4.37. The Bertz CT molecular complexity index is 1110. The van der Waals surface area contributed by atoms with E-state index >= 15 is 0 Å². The van der Waals surface area contributed by atoms with E-state index in [-0.39, 0.29) is 0 Å². The third-order valence-corrected chi connectivity index (χ3v) is 5.59. The van der Waals surface area contributed by atoms with E-state index in [1.54, 1.807) is 11.8 Å². The molecular formula is C20H21N7S. The van der Waals surface area contributed by atoms with Gasteiger partial charge in [-0.15, -0.1) is 15.3 Å². The maximum Gasteiger partial charge on any atom is 0.196 e. The fraction of sp³-hybridized carbons (Fsp3) is 0.250. The summed E-state index contributed by atoms with van der Waals surface area (Å²) in [6.07, 6.45) is 0. The summed E-state index contributed by atoms with van der Waals surface area (Å²) < 4.78 is 3.89. The number of hydrogen-bond donors (Lipinski definition) is 0. The highest BCUT2D eigenvalue weighted by atomic mass is 32.2. The van der Waals surface area contributed by atoms with Crippen LogP contribution < -0.4 is 0 Å². The van der Waals surface area contributed by atoms with Crippen molar-refractivity contribution in [3.8, 4) is 11.4 Å². The van der Waals surface area contributed by atoms with Gasteiger partial charge in [-0.2, -0.15) is 4.68 Å². The van der Waals surface area contributed by atoms with Crippen LogP contribution in [0.3, 0.4) is 0 Å².